The molecule has 2 aromatic carbocycles. The van der Waals surface area contributed by atoms with Crippen molar-refractivity contribution in [1.82, 2.24) is 9.88 Å². The van der Waals surface area contributed by atoms with Gasteiger partial charge in [-0.15, -0.1) is 11.3 Å². The fourth-order valence-electron chi connectivity index (χ4n) is 2.79. The van der Waals surface area contributed by atoms with Crippen LogP contribution >= 0.6 is 27.3 Å². The van der Waals surface area contributed by atoms with Crippen LogP contribution in [0, 0.1) is 6.92 Å². The molecular formula is C22H23BrN2O2S. The van der Waals surface area contributed by atoms with Gasteiger partial charge in [0.15, 0.2) is 0 Å². The number of aryl methyl sites for hydroxylation is 1. The molecule has 0 aliphatic rings. The van der Waals surface area contributed by atoms with Crippen molar-refractivity contribution in [3.63, 3.8) is 0 Å². The first-order chi connectivity index (χ1) is 13.4. The van der Waals surface area contributed by atoms with Gasteiger partial charge in [0, 0.05) is 21.5 Å². The standard InChI is InChI=1S/C22H23BrN2O2S/c1-15(2)25(22(26)17-7-5-8-18(23)11-17)12-19-14-28-21(24-19)13-27-20-9-4-6-16(3)10-20/h4-11,14-15H,12-13H2,1-3H3. The number of halogens is 1. The Hall–Kier alpha value is -2.18. The van der Waals surface area contributed by atoms with Crippen molar-refractivity contribution >= 4 is 33.2 Å². The summed E-state index contributed by atoms with van der Waals surface area (Å²) in [6.45, 7) is 6.98. The van der Waals surface area contributed by atoms with E-state index in [1.807, 2.05) is 79.6 Å². The number of rotatable bonds is 7. The average molecular weight is 459 g/mol. The third kappa shape index (κ3) is 5.42. The molecule has 0 N–H and O–H groups in total. The second kappa shape index (κ2) is 9.34. The number of carbonyl (C=O) groups excluding carboxylic acids is 1. The highest BCUT2D eigenvalue weighted by Gasteiger charge is 2.20. The van der Waals surface area contributed by atoms with Crippen molar-refractivity contribution in [2.75, 3.05) is 0 Å². The van der Waals surface area contributed by atoms with E-state index >= 15 is 0 Å². The van der Waals surface area contributed by atoms with Crippen LogP contribution in [0.1, 0.15) is 40.5 Å². The highest BCUT2D eigenvalue weighted by molar-refractivity contribution is 9.10. The molecule has 0 saturated heterocycles. The summed E-state index contributed by atoms with van der Waals surface area (Å²) in [5, 5.41) is 2.90. The second-order valence-corrected chi connectivity index (χ2v) is 8.73. The second-order valence-electron chi connectivity index (χ2n) is 6.87. The number of hydrogen-bond acceptors (Lipinski definition) is 4. The molecule has 0 atom stereocenters. The molecule has 0 saturated carbocycles. The molecule has 0 bridgehead atoms. The Kier molecular flexibility index (Phi) is 6.86. The number of nitrogens with zero attached hydrogens (tertiary/aromatic N) is 2. The van der Waals surface area contributed by atoms with E-state index < -0.39 is 0 Å². The fraction of sp³-hybridized carbons (Fsp3) is 0.273. The van der Waals surface area contributed by atoms with Gasteiger partial charge in [0.1, 0.15) is 17.4 Å². The largest absolute Gasteiger partial charge is 0.486 e. The first-order valence-electron chi connectivity index (χ1n) is 9.11. The Morgan fingerprint density at radius 1 is 1.21 bits per heavy atom. The van der Waals surface area contributed by atoms with Gasteiger partial charge < -0.3 is 9.64 Å². The molecule has 28 heavy (non-hydrogen) atoms. The summed E-state index contributed by atoms with van der Waals surface area (Å²) < 4.78 is 6.73. The van der Waals surface area contributed by atoms with Crippen molar-refractivity contribution in [2.45, 2.75) is 40.0 Å². The Labute approximate surface area is 178 Å². The van der Waals surface area contributed by atoms with E-state index in [2.05, 4.69) is 20.9 Å². The van der Waals surface area contributed by atoms with Crippen LogP contribution in [-0.2, 0) is 13.2 Å². The van der Waals surface area contributed by atoms with Gasteiger partial charge in [0.2, 0.25) is 0 Å². The lowest BCUT2D eigenvalue weighted by Gasteiger charge is -2.26. The summed E-state index contributed by atoms with van der Waals surface area (Å²) in [7, 11) is 0. The van der Waals surface area contributed by atoms with E-state index in [0.717, 1.165) is 26.5 Å². The number of thiazole rings is 1. The van der Waals surface area contributed by atoms with Crippen LogP contribution in [0.25, 0.3) is 0 Å². The minimum Gasteiger partial charge on any atom is -0.486 e. The van der Waals surface area contributed by atoms with Gasteiger partial charge in [-0.25, -0.2) is 4.98 Å². The smallest absolute Gasteiger partial charge is 0.254 e. The molecule has 0 radical (unpaired) electrons. The average Bonchev–Trinajstić information content (AvgIpc) is 3.11. The Morgan fingerprint density at radius 3 is 2.71 bits per heavy atom. The molecule has 1 amide bonds. The number of amides is 1. The normalized spacial score (nSPS) is 10.9. The molecule has 0 aliphatic carbocycles. The molecular weight excluding hydrogens is 436 g/mol. The van der Waals surface area contributed by atoms with Crippen LogP contribution in [0.3, 0.4) is 0 Å². The Balaban J connectivity index is 1.66. The third-order valence-corrected chi connectivity index (χ3v) is 5.60. The van der Waals surface area contributed by atoms with E-state index in [1.165, 1.54) is 0 Å². The zero-order valence-corrected chi connectivity index (χ0v) is 18.6. The first-order valence-corrected chi connectivity index (χ1v) is 10.8. The highest BCUT2D eigenvalue weighted by atomic mass is 79.9. The summed E-state index contributed by atoms with van der Waals surface area (Å²) in [4.78, 5) is 19.4. The molecule has 6 heteroatoms. The Morgan fingerprint density at radius 2 is 2.00 bits per heavy atom. The van der Waals surface area contributed by atoms with Gasteiger partial charge in [-0.1, -0.05) is 34.1 Å². The molecule has 1 aromatic heterocycles. The van der Waals surface area contributed by atoms with E-state index in [-0.39, 0.29) is 11.9 Å². The number of benzene rings is 2. The third-order valence-electron chi connectivity index (χ3n) is 4.24. The topological polar surface area (TPSA) is 42.4 Å². The zero-order chi connectivity index (χ0) is 20.1. The maximum Gasteiger partial charge on any atom is 0.254 e. The van der Waals surface area contributed by atoms with Crippen LogP contribution in [0.2, 0.25) is 0 Å². The zero-order valence-electron chi connectivity index (χ0n) is 16.2. The van der Waals surface area contributed by atoms with Crippen LogP contribution in [0.15, 0.2) is 58.4 Å². The van der Waals surface area contributed by atoms with Crippen molar-refractivity contribution in [2.24, 2.45) is 0 Å². The predicted molar refractivity (Wildman–Crippen MR) is 117 cm³/mol. The van der Waals surface area contributed by atoms with Gasteiger partial charge in [-0.3, -0.25) is 4.79 Å². The van der Waals surface area contributed by atoms with Gasteiger partial charge in [0.05, 0.1) is 12.2 Å². The molecule has 3 rings (SSSR count). The van der Waals surface area contributed by atoms with Crippen LogP contribution in [-0.4, -0.2) is 21.8 Å². The quantitative estimate of drug-likeness (QED) is 0.446. The fourth-order valence-corrected chi connectivity index (χ4v) is 3.88. The van der Waals surface area contributed by atoms with E-state index in [9.17, 15) is 4.79 Å². The van der Waals surface area contributed by atoms with Crippen molar-refractivity contribution in [3.8, 4) is 5.75 Å². The summed E-state index contributed by atoms with van der Waals surface area (Å²) in [5.74, 6) is 0.840. The predicted octanol–water partition coefficient (Wildman–Crippen LogP) is 5.84. The van der Waals surface area contributed by atoms with Crippen LogP contribution < -0.4 is 4.74 Å². The molecule has 4 nitrogen and oxygen atoms in total. The number of aromatic nitrogens is 1. The number of carbonyl (C=O) groups is 1. The first kappa shape index (κ1) is 20.6. The van der Waals surface area contributed by atoms with E-state index in [0.29, 0.717) is 18.7 Å². The molecule has 3 aromatic rings. The van der Waals surface area contributed by atoms with Gasteiger partial charge >= 0.3 is 0 Å². The van der Waals surface area contributed by atoms with E-state index in [4.69, 9.17) is 4.74 Å². The van der Waals surface area contributed by atoms with Crippen LogP contribution in [0.5, 0.6) is 5.75 Å². The summed E-state index contributed by atoms with van der Waals surface area (Å²) >= 11 is 4.99. The van der Waals surface area contributed by atoms with E-state index in [1.54, 1.807) is 11.3 Å². The van der Waals surface area contributed by atoms with Gasteiger partial charge in [-0.2, -0.15) is 0 Å². The van der Waals surface area contributed by atoms with Gasteiger partial charge in [0.25, 0.3) is 5.91 Å². The van der Waals surface area contributed by atoms with Crippen LogP contribution in [0.4, 0.5) is 0 Å². The number of hydrogen-bond donors (Lipinski definition) is 0. The molecule has 0 spiro atoms. The molecule has 1 heterocycles. The lowest BCUT2D eigenvalue weighted by Crippen LogP contribution is -2.36. The molecule has 0 fully saturated rings. The summed E-state index contributed by atoms with van der Waals surface area (Å²) in [5.41, 5.74) is 2.71. The molecule has 146 valence electrons. The Bertz CT molecular complexity index is 955. The van der Waals surface area contributed by atoms with Crippen molar-refractivity contribution in [3.05, 3.63) is 80.2 Å². The minimum atomic E-state index is 0.00172. The summed E-state index contributed by atoms with van der Waals surface area (Å²) in [6.07, 6.45) is 0. The SMILES string of the molecule is Cc1cccc(OCc2nc(CN(C(=O)c3cccc(Br)c3)C(C)C)cs2)c1. The lowest BCUT2D eigenvalue weighted by molar-refractivity contribution is 0.0688. The van der Waals surface area contributed by atoms with Crippen molar-refractivity contribution in [1.29, 1.82) is 0 Å². The highest BCUT2D eigenvalue weighted by Crippen LogP contribution is 2.20. The summed E-state index contributed by atoms with van der Waals surface area (Å²) in [6, 6.07) is 15.5. The maximum atomic E-state index is 12.9. The monoisotopic (exact) mass is 458 g/mol. The number of ether oxygens (including phenoxy) is 1. The van der Waals surface area contributed by atoms with Crippen molar-refractivity contribution < 1.29 is 9.53 Å². The van der Waals surface area contributed by atoms with Gasteiger partial charge in [-0.05, 0) is 56.7 Å². The molecule has 0 unspecified atom stereocenters. The minimum absolute atomic E-state index is 0.00172. The lowest BCUT2D eigenvalue weighted by atomic mass is 10.1. The maximum absolute atomic E-state index is 12.9. The molecule has 0 aliphatic heterocycles.